The fourth-order valence-electron chi connectivity index (χ4n) is 3.37. The van der Waals surface area contributed by atoms with E-state index < -0.39 is 0 Å². The molecule has 0 spiro atoms. The van der Waals surface area contributed by atoms with Crippen LogP contribution in [0.2, 0.25) is 0 Å². The Hall–Kier alpha value is -3.60. The van der Waals surface area contributed by atoms with Crippen molar-refractivity contribution in [2.24, 2.45) is 0 Å². The van der Waals surface area contributed by atoms with Crippen molar-refractivity contribution in [2.45, 2.75) is 13.5 Å². The molecule has 4 rings (SSSR count). The zero-order valence-corrected chi connectivity index (χ0v) is 16.6. The van der Waals surface area contributed by atoms with Gasteiger partial charge in [0, 0.05) is 31.0 Å². The number of methoxy groups -OCH3 is 1. The number of aromatic nitrogens is 2. The van der Waals surface area contributed by atoms with Gasteiger partial charge in [0.25, 0.3) is 5.91 Å². The predicted molar refractivity (Wildman–Crippen MR) is 114 cm³/mol. The standard InChI is InChI=1S/C24H23N3O2/c1-3-26(15-18-8-7-11-21(14-18)29-2)24(28)20-12-13-23-25-22(17-27(23)16-20)19-9-5-4-6-10-19/h4-14,16-17H,3,15H2,1-2H3. The molecule has 0 fully saturated rings. The highest BCUT2D eigenvalue weighted by Crippen LogP contribution is 2.20. The van der Waals surface area contributed by atoms with Gasteiger partial charge in [0.1, 0.15) is 11.4 Å². The van der Waals surface area contributed by atoms with Gasteiger partial charge in [0.2, 0.25) is 0 Å². The molecule has 5 nitrogen and oxygen atoms in total. The Balaban J connectivity index is 1.59. The van der Waals surface area contributed by atoms with Crippen LogP contribution in [-0.4, -0.2) is 33.8 Å². The number of nitrogens with zero attached hydrogens (tertiary/aromatic N) is 3. The van der Waals surface area contributed by atoms with Crippen molar-refractivity contribution in [1.82, 2.24) is 14.3 Å². The molecule has 0 aliphatic rings. The number of hydrogen-bond donors (Lipinski definition) is 0. The molecule has 146 valence electrons. The van der Waals surface area contributed by atoms with Crippen LogP contribution in [0.1, 0.15) is 22.8 Å². The number of amides is 1. The molecule has 2 aromatic heterocycles. The van der Waals surface area contributed by atoms with Crippen LogP contribution in [0, 0.1) is 0 Å². The third-order valence-corrected chi connectivity index (χ3v) is 4.94. The Morgan fingerprint density at radius 2 is 1.86 bits per heavy atom. The Kier molecular flexibility index (Phi) is 5.29. The Labute approximate surface area is 170 Å². The summed E-state index contributed by atoms with van der Waals surface area (Å²) in [6.45, 7) is 3.14. The number of ether oxygens (including phenoxy) is 1. The van der Waals surface area contributed by atoms with Gasteiger partial charge in [0.15, 0.2) is 0 Å². The zero-order chi connectivity index (χ0) is 20.2. The maximum absolute atomic E-state index is 13.1. The number of hydrogen-bond acceptors (Lipinski definition) is 3. The Bertz CT molecular complexity index is 1140. The maximum atomic E-state index is 13.1. The van der Waals surface area contributed by atoms with Crippen LogP contribution in [0.3, 0.4) is 0 Å². The Morgan fingerprint density at radius 3 is 2.62 bits per heavy atom. The average Bonchev–Trinajstić information content (AvgIpc) is 3.21. The Morgan fingerprint density at radius 1 is 1.03 bits per heavy atom. The van der Waals surface area contributed by atoms with Gasteiger partial charge in [-0.15, -0.1) is 0 Å². The van der Waals surface area contributed by atoms with Gasteiger partial charge in [0.05, 0.1) is 18.4 Å². The monoisotopic (exact) mass is 385 g/mol. The fraction of sp³-hybridized carbons (Fsp3) is 0.167. The van der Waals surface area contributed by atoms with Crippen molar-refractivity contribution in [3.63, 3.8) is 0 Å². The van der Waals surface area contributed by atoms with Crippen LogP contribution < -0.4 is 4.74 Å². The summed E-state index contributed by atoms with van der Waals surface area (Å²) in [7, 11) is 1.64. The minimum atomic E-state index is -0.00724. The quantitative estimate of drug-likeness (QED) is 0.484. The van der Waals surface area contributed by atoms with Gasteiger partial charge < -0.3 is 14.0 Å². The number of rotatable bonds is 6. The highest BCUT2D eigenvalue weighted by Gasteiger charge is 2.16. The lowest BCUT2D eigenvalue weighted by Gasteiger charge is -2.21. The lowest BCUT2D eigenvalue weighted by Crippen LogP contribution is -2.30. The highest BCUT2D eigenvalue weighted by atomic mass is 16.5. The first-order chi connectivity index (χ1) is 14.2. The molecule has 4 aromatic rings. The van der Waals surface area contributed by atoms with Crippen LogP contribution >= 0.6 is 0 Å². The van der Waals surface area contributed by atoms with Gasteiger partial charge in [-0.05, 0) is 36.8 Å². The van der Waals surface area contributed by atoms with E-state index in [1.807, 2.05) is 95.3 Å². The molecule has 1 amide bonds. The molecule has 0 radical (unpaired) electrons. The van der Waals surface area contributed by atoms with Crippen LogP contribution in [0.25, 0.3) is 16.9 Å². The first-order valence-corrected chi connectivity index (χ1v) is 9.64. The molecule has 2 aromatic carbocycles. The van der Waals surface area contributed by atoms with E-state index in [0.717, 1.165) is 28.2 Å². The third-order valence-electron chi connectivity index (χ3n) is 4.94. The van der Waals surface area contributed by atoms with Crippen molar-refractivity contribution in [1.29, 1.82) is 0 Å². The fourth-order valence-corrected chi connectivity index (χ4v) is 3.37. The molecule has 0 unspecified atom stereocenters. The van der Waals surface area contributed by atoms with Gasteiger partial charge in [-0.1, -0.05) is 42.5 Å². The second-order valence-electron chi connectivity index (χ2n) is 6.85. The maximum Gasteiger partial charge on any atom is 0.255 e. The van der Waals surface area contributed by atoms with E-state index in [9.17, 15) is 4.79 Å². The molecular formula is C24H23N3O2. The van der Waals surface area contributed by atoms with E-state index in [1.54, 1.807) is 7.11 Å². The van der Waals surface area contributed by atoms with E-state index >= 15 is 0 Å². The predicted octanol–water partition coefficient (Wildman–Crippen LogP) is 4.67. The molecule has 2 heterocycles. The van der Waals surface area contributed by atoms with Gasteiger partial charge in [-0.25, -0.2) is 4.98 Å². The van der Waals surface area contributed by atoms with Crippen LogP contribution in [-0.2, 0) is 6.54 Å². The normalized spacial score (nSPS) is 10.8. The van der Waals surface area contributed by atoms with E-state index in [0.29, 0.717) is 18.7 Å². The summed E-state index contributed by atoms with van der Waals surface area (Å²) >= 11 is 0. The average molecular weight is 385 g/mol. The molecule has 5 heteroatoms. The van der Waals surface area contributed by atoms with Crippen molar-refractivity contribution in [2.75, 3.05) is 13.7 Å². The van der Waals surface area contributed by atoms with Gasteiger partial charge in [-0.2, -0.15) is 0 Å². The first kappa shape index (κ1) is 18.7. The topological polar surface area (TPSA) is 46.8 Å². The molecule has 0 saturated heterocycles. The van der Waals surface area contributed by atoms with Crippen molar-refractivity contribution in [3.05, 3.63) is 90.3 Å². The minimum Gasteiger partial charge on any atom is -0.497 e. The van der Waals surface area contributed by atoms with E-state index in [4.69, 9.17) is 4.74 Å². The second kappa shape index (κ2) is 8.19. The van der Waals surface area contributed by atoms with Crippen LogP contribution in [0.4, 0.5) is 0 Å². The summed E-state index contributed by atoms with van der Waals surface area (Å²) in [6.07, 6.45) is 3.81. The molecule has 0 atom stereocenters. The van der Waals surface area contributed by atoms with Crippen LogP contribution in [0.5, 0.6) is 5.75 Å². The largest absolute Gasteiger partial charge is 0.497 e. The van der Waals surface area contributed by atoms with Crippen molar-refractivity contribution in [3.8, 4) is 17.0 Å². The van der Waals surface area contributed by atoms with Crippen molar-refractivity contribution >= 4 is 11.6 Å². The lowest BCUT2D eigenvalue weighted by atomic mass is 10.1. The summed E-state index contributed by atoms with van der Waals surface area (Å²) in [4.78, 5) is 19.6. The molecule has 29 heavy (non-hydrogen) atoms. The SMILES string of the molecule is CCN(Cc1cccc(OC)c1)C(=O)c1ccc2nc(-c3ccccc3)cn2c1. The molecular weight excluding hydrogens is 362 g/mol. The van der Waals surface area contributed by atoms with Crippen molar-refractivity contribution < 1.29 is 9.53 Å². The third kappa shape index (κ3) is 3.99. The number of carbonyl (C=O) groups excluding carboxylic acids is 1. The molecule has 0 saturated carbocycles. The van der Waals surface area contributed by atoms with E-state index in [1.165, 1.54) is 0 Å². The summed E-state index contributed by atoms with van der Waals surface area (Å²) in [6, 6.07) is 21.6. The van der Waals surface area contributed by atoms with E-state index in [-0.39, 0.29) is 5.91 Å². The smallest absolute Gasteiger partial charge is 0.255 e. The summed E-state index contributed by atoms with van der Waals surface area (Å²) in [5.41, 5.74) is 4.43. The number of carbonyl (C=O) groups is 1. The summed E-state index contributed by atoms with van der Waals surface area (Å²) in [5.74, 6) is 0.784. The second-order valence-corrected chi connectivity index (χ2v) is 6.85. The first-order valence-electron chi connectivity index (χ1n) is 9.64. The van der Waals surface area contributed by atoms with Gasteiger partial charge >= 0.3 is 0 Å². The number of benzene rings is 2. The number of imidazole rings is 1. The van der Waals surface area contributed by atoms with Gasteiger partial charge in [-0.3, -0.25) is 4.79 Å². The number of pyridine rings is 1. The zero-order valence-electron chi connectivity index (χ0n) is 16.6. The van der Waals surface area contributed by atoms with Crippen LogP contribution in [0.15, 0.2) is 79.1 Å². The van der Waals surface area contributed by atoms with E-state index in [2.05, 4.69) is 4.98 Å². The minimum absolute atomic E-state index is 0.00724. The molecule has 0 N–H and O–H groups in total. The molecule has 0 aliphatic carbocycles. The summed E-state index contributed by atoms with van der Waals surface area (Å²) in [5, 5.41) is 0. The lowest BCUT2D eigenvalue weighted by molar-refractivity contribution is 0.0752. The molecule has 0 bridgehead atoms. The molecule has 0 aliphatic heterocycles. The number of fused-ring (bicyclic) bond motifs is 1. The highest BCUT2D eigenvalue weighted by molar-refractivity contribution is 5.94. The summed E-state index contributed by atoms with van der Waals surface area (Å²) < 4.78 is 7.20.